The van der Waals surface area contributed by atoms with Crippen molar-refractivity contribution >= 4 is 21.8 Å². The van der Waals surface area contributed by atoms with E-state index >= 15 is 0 Å². The van der Waals surface area contributed by atoms with Gasteiger partial charge in [-0.05, 0) is 29.8 Å². The van der Waals surface area contributed by atoms with Gasteiger partial charge in [-0.1, -0.05) is 34.1 Å². The first-order valence-corrected chi connectivity index (χ1v) is 7.77. The molecule has 0 fully saturated rings. The van der Waals surface area contributed by atoms with Crippen LogP contribution in [0.4, 0.5) is 0 Å². The third kappa shape index (κ3) is 3.43. The maximum absolute atomic E-state index is 12.3. The number of carbonyl (C=O) groups is 1. The minimum atomic E-state index is -0.329. The molecular weight excluding hydrogens is 358 g/mol. The molecule has 2 N–H and O–H groups in total. The van der Waals surface area contributed by atoms with Gasteiger partial charge in [0.05, 0.1) is 17.6 Å². The van der Waals surface area contributed by atoms with E-state index in [0.29, 0.717) is 6.54 Å². The number of rotatable bonds is 4. The largest absolute Gasteiger partial charge is 0.507 e. The SMILES string of the molecule is O=C(NCc1ccccc1-n1ccnc1)c1cc(Br)ccc1O. The summed E-state index contributed by atoms with van der Waals surface area (Å²) in [4.78, 5) is 16.3. The molecule has 0 spiro atoms. The molecule has 0 atom stereocenters. The molecule has 2 aromatic carbocycles. The second-order valence-electron chi connectivity index (χ2n) is 4.94. The molecule has 0 aliphatic carbocycles. The molecule has 0 radical (unpaired) electrons. The van der Waals surface area contributed by atoms with Gasteiger partial charge in [0.15, 0.2) is 0 Å². The molecular formula is C17H14BrN3O2. The minimum absolute atomic E-state index is 0.0476. The summed E-state index contributed by atoms with van der Waals surface area (Å²) in [5.41, 5.74) is 2.14. The number of nitrogens with zero attached hydrogens (tertiary/aromatic N) is 2. The number of benzene rings is 2. The smallest absolute Gasteiger partial charge is 0.255 e. The maximum atomic E-state index is 12.3. The van der Waals surface area contributed by atoms with E-state index in [1.807, 2.05) is 35.0 Å². The molecule has 1 aromatic heterocycles. The molecule has 0 saturated carbocycles. The molecule has 6 heteroatoms. The molecule has 0 bridgehead atoms. The van der Waals surface area contributed by atoms with Gasteiger partial charge in [-0.25, -0.2) is 4.98 Å². The lowest BCUT2D eigenvalue weighted by molar-refractivity contribution is 0.0948. The lowest BCUT2D eigenvalue weighted by Crippen LogP contribution is -2.23. The van der Waals surface area contributed by atoms with Crippen molar-refractivity contribution in [2.45, 2.75) is 6.54 Å². The Labute approximate surface area is 141 Å². The van der Waals surface area contributed by atoms with Crippen LogP contribution >= 0.6 is 15.9 Å². The van der Waals surface area contributed by atoms with Gasteiger partial charge < -0.3 is 15.0 Å². The first-order chi connectivity index (χ1) is 11.1. The highest BCUT2D eigenvalue weighted by Crippen LogP contribution is 2.22. The van der Waals surface area contributed by atoms with E-state index < -0.39 is 0 Å². The number of nitrogens with one attached hydrogen (secondary N) is 1. The minimum Gasteiger partial charge on any atom is -0.507 e. The number of aromatic hydroxyl groups is 1. The van der Waals surface area contributed by atoms with Crippen molar-refractivity contribution in [3.8, 4) is 11.4 Å². The van der Waals surface area contributed by atoms with Gasteiger partial charge in [0.25, 0.3) is 5.91 Å². The zero-order chi connectivity index (χ0) is 16.2. The van der Waals surface area contributed by atoms with E-state index in [-0.39, 0.29) is 17.2 Å². The zero-order valence-corrected chi connectivity index (χ0v) is 13.7. The fourth-order valence-electron chi connectivity index (χ4n) is 2.27. The molecule has 0 aliphatic rings. The van der Waals surface area contributed by atoms with Crippen LogP contribution in [0.2, 0.25) is 0 Å². The molecule has 23 heavy (non-hydrogen) atoms. The number of hydrogen-bond donors (Lipinski definition) is 2. The number of phenolic OH excluding ortho intramolecular Hbond substituents is 1. The van der Waals surface area contributed by atoms with Crippen LogP contribution < -0.4 is 5.32 Å². The normalized spacial score (nSPS) is 10.5. The van der Waals surface area contributed by atoms with Crippen LogP contribution in [0.25, 0.3) is 5.69 Å². The number of carbonyl (C=O) groups excluding carboxylic acids is 1. The van der Waals surface area contributed by atoms with Gasteiger partial charge in [-0.3, -0.25) is 4.79 Å². The molecule has 0 saturated heterocycles. The topological polar surface area (TPSA) is 67.2 Å². The van der Waals surface area contributed by atoms with Crippen LogP contribution in [0.5, 0.6) is 5.75 Å². The van der Waals surface area contributed by atoms with Gasteiger partial charge in [-0.15, -0.1) is 0 Å². The standard InChI is InChI=1S/C17H14BrN3O2/c18-13-5-6-16(22)14(9-13)17(23)20-10-12-3-1-2-4-15(12)21-8-7-19-11-21/h1-9,11,22H,10H2,(H,20,23). The fourth-order valence-corrected chi connectivity index (χ4v) is 2.64. The van der Waals surface area contributed by atoms with Gasteiger partial charge in [0.2, 0.25) is 0 Å². The Morgan fingerprint density at radius 1 is 1.26 bits per heavy atom. The first kappa shape index (κ1) is 15.3. The molecule has 3 aromatic rings. The van der Waals surface area contributed by atoms with E-state index in [1.54, 1.807) is 24.7 Å². The Morgan fingerprint density at radius 3 is 2.87 bits per heavy atom. The Hall–Kier alpha value is -2.60. The maximum Gasteiger partial charge on any atom is 0.255 e. The van der Waals surface area contributed by atoms with Crippen LogP contribution in [0, 0.1) is 0 Å². The zero-order valence-electron chi connectivity index (χ0n) is 12.1. The summed E-state index contributed by atoms with van der Waals surface area (Å²) in [5, 5.41) is 12.6. The highest BCUT2D eigenvalue weighted by molar-refractivity contribution is 9.10. The summed E-state index contributed by atoms with van der Waals surface area (Å²) in [6, 6.07) is 12.5. The van der Waals surface area contributed by atoms with Crippen molar-refractivity contribution in [3.63, 3.8) is 0 Å². The van der Waals surface area contributed by atoms with E-state index in [1.165, 1.54) is 6.07 Å². The molecule has 1 amide bonds. The third-order valence-corrected chi connectivity index (χ3v) is 3.91. The quantitative estimate of drug-likeness (QED) is 0.739. The number of para-hydroxylation sites is 1. The Bertz CT molecular complexity index is 832. The molecule has 0 aliphatic heterocycles. The van der Waals surface area contributed by atoms with E-state index in [4.69, 9.17) is 0 Å². The summed E-state index contributed by atoms with van der Waals surface area (Å²) >= 11 is 3.30. The lowest BCUT2D eigenvalue weighted by Gasteiger charge is -2.12. The number of halogens is 1. The molecule has 116 valence electrons. The Kier molecular flexibility index (Phi) is 4.43. The Balaban J connectivity index is 1.79. The molecule has 3 rings (SSSR count). The average Bonchev–Trinajstić information content (AvgIpc) is 3.09. The lowest BCUT2D eigenvalue weighted by atomic mass is 10.1. The number of hydrogen-bond acceptors (Lipinski definition) is 3. The molecule has 0 unspecified atom stereocenters. The van der Waals surface area contributed by atoms with Crippen molar-refractivity contribution < 1.29 is 9.90 Å². The van der Waals surface area contributed by atoms with Gasteiger partial charge in [0.1, 0.15) is 5.75 Å². The summed E-state index contributed by atoms with van der Waals surface area (Å²) < 4.78 is 2.62. The number of imidazole rings is 1. The predicted octanol–water partition coefficient (Wildman–Crippen LogP) is 3.27. The predicted molar refractivity (Wildman–Crippen MR) is 90.5 cm³/mol. The second-order valence-corrected chi connectivity index (χ2v) is 5.86. The van der Waals surface area contributed by atoms with Crippen LogP contribution in [0.3, 0.4) is 0 Å². The van der Waals surface area contributed by atoms with Crippen molar-refractivity contribution in [1.82, 2.24) is 14.9 Å². The van der Waals surface area contributed by atoms with Gasteiger partial charge in [0, 0.05) is 23.4 Å². The van der Waals surface area contributed by atoms with Crippen molar-refractivity contribution in [2.75, 3.05) is 0 Å². The van der Waals surface area contributed by atoms with Crippen LogP contribution in [-0.2, 0) is 6.54 Å². The van der Waals surface area contributed by atoms with Crippen molar-refractivity contribution in [2.24, 2.45) is 0 Å². The van der Waals surface area contributed by atoms with Gasteiger partial charge >= 0.3 is 0 Å². The van der Waals surface area contributed by atoms with Gasteiger partial charge in [-0.2, -0.15) is 0 Å². The molecule has 1 heterocycles. The highest BCUT2D eigenvalue weighted by atomic mass is 79.9. The average molecular weight is 372 g/mol. The van der Waals surface area contributed by atoms with Crippen LogP contribution in [-0.4, -0.2) is 20.6 Å². The number of amides is 1. The van der Waals surface area contributed by atoms with Crippen molar-refractivity contribution in [1.29, 1.82) is 0 Å². The third-order valence-electron chi connectivity index (χ3n) is 3.42. The number of aromatic nitrogens is 2. The highest BCUT2D eigenvalue weighted by Gasteiger charge is 2.12. The summed E-state index contributed by atoms with van der Waals surface area (Å²) in [5.74, 6) is -0.377. The summed E-state index contributed by atoms with van der Waals surface area (Å²) in [7, 11) is 0. The monoisotopic (exact) mass is 371 g/mol. The summed E-state index contributed by atoms with van der Waals surface area (Å²) in [6.07, 6.45) is 5.26. The van der Waals surface area contributed by atoms with Crippen molar-refractivity contribution in [3.05, 3.63) is 76.8 Å². The van der Waals surface area contributed by atoms with E-state index in [0.717, 1.165) is 15.7 Å². The second kappa shape index (κ2) is 6.66. The first-order valence-electron chi connectivity index (χ1n) is 6.98. The van der Waals surface area contributed by atoms with E-state index in [9.17, 15) is 9.90 Å². The molecule has 5 nitrogen and oxygen atoms in total. The number of phenols is 1. The van der Waals surface area contributed by atoms with Crippen LogP contribution in [0.1, 0.15) is 15.9 Å². The van der Waals surface area contributed by atoms with E-state index in [2.05, 4.69) is 26.2 Å². The fraction of sp³-hybridized carbons (Fsp3) is 0.0588. The summed E-state index contributed by atoms with van der Waals surface area (Å²) in [6.45, 7) is 0.346. The Morgan fingerprint density at radius 2 is 2.09 bits per heavy atom. The van der Waals surface area contributed by atoms with Crippen LogP contribution in [0.15, 0.2) is 65.7 Å².